The van der Waals surface area contributed by atoms with Gasteiger partial charge < -0.3 is 0 Å². The van der Waals surface area contributed by atoms with E-state index in [4.69, 9.17) is 11.6 Å². The van der Waals surface area contributed by atoms with Crippen LogP contribution >= 0.6 is 11.6 Å². The molecule has 0 atom stereocenters. The molecule has 0 spiro atoms. The SMILES string of the molecule is O=C(/C=C/C=C/c1ccccc1)c1ccc(Cl)cc1. The van der Waals surface area contributed by atoms with E-state index in [0.717, 1.165) is 5.56 Å². The molecule has 0 aliphatic heterocycles. The van der Waals surface area contributed by atoms with E-state index in [1.807, 2.05) is 42.5 Å². The van der Waals surface area contributed by atoms with E-state index in [1.54, 1.807) is 36.4 Å². The summed E-state index contributed by atoms with van der Waals surface area (Å²) >= 11 is 5.77. The summed E-state index contributed by atoms with van der Waals surface area (Å²) < 4.78 is 0. The van der Waals surface area contributed by atoms with Crippen LogP contribution in [0.5, 0.6) is 0 Å². The standard InChI is InChI=1S/C17H13ClO/c18-16-12-10-15(11-13-16)17(19)9-5-4-8-14-6-2-1-3-7-14/h1-13H/b8-4+,9-5+. The first kappa shape index (κ1) is 13.3. The van der Waals surface area contributed by atoms with Crippen LogP contribution in [0.4, 0.5) is 0 Å². The number of hydrogen-bond acceptors (Lipinski definition) is 1. The molecule has 2 aromatic rings. The van der Waals surface area contributed by atoms with Crippen molar-refractivity contribution < 1.29 is 4.79 Å². The fraction of sp³-hybridized carbons (Fsp3) is 0. The van der Waals surface area contributed by atoms with Crippen LogP contribution in [-0.2, 0) is 0 Å². The maximum atomic E-state index is 11.8. The van der Waals surface area contributed by atoms with Crippen molar-refractivity contribution in [3.8, 4) is 0 Å². The van der Waals surface area contributed by atoms with Crippen LogP contribution in [0.3, 0.4) is 0 Å². The van der Waals surface area contributed by atoms with Gasteiger partial charge in [-0.15, -0.1) is 0 Å². The van der Waals surface area contributed by atoms with Crippen LogP contribution in [0.2, 0.25) is 5.02 Å². The van der Waals surface area contributed by atoms with Gasteiger partial charge in [0.05, 0.1) is 0 Å². The summed E-state index contributed by atoms with van der Waals surface area (Å²) in [6.07, 6.45) is 7.08. The van der Waals surface area contributed by atoms with E-state index in [9.17, 15) is 4.79 Å². The van der Waals surface area contributed by atoms with Crippen molar-refractivity contribution in [1.29, 1.82) is 0 Å². The van der Waals surface area contributed by atoms with Gasteiger partial charge in [0.2, 0.25) is 0 Å². The van der Waals surface area contributed by atoms with Crippen molar-refractivity contribution in [2.75, 3.05) is 0 Å². The van der Waals surface area contributed by atoms with E-state index < -0.39 is 0 Å². The Bertz CT molecular complexity index is 595. The zero-order valence-corrected chi connectivity index (χ0v) is 11.0. The summed E-state index contributed by atoms with van der Waals surface area (Å²) in [5, 5.41) is 0.629. The number of rotatable bonds is 4. The highest BCUT2D eigenvalue weighted by atomic mass is 35.5. The third-order valence-electron chi connectivity index (χ3n) is 2.58. The molecule has 0 heterocycles. The van der Waals surface area contributed by atoms with E-state index in [0.29, 0.717) is 10.6 Å². The maximum Gasteiger partial charge on any atom is 0.185 e. The van der Waals surface area contributed by atoms with Gasteiger partial charge in [-0.1, -0.05) is 60.2 Å². The number of benzene rings is 2. The van der Waals surface area contributed by atoms with Crippen LogP contribution < -0.4 is 0 Å². The van der Waals surface area contributed by atoms with E-state index in [-0.39, 0.29) is 5.78 Å². The molecule has 0 saturated heterocycles. The molecular weight excluding hydrogens is 256 g/mol. The molecule has 94 valence electrons. The molecule has 0 aromatic heterocycles. The van der Waals surface area contributed by atoms with Gasteiger partial charge in [0, 0.05) is 10.6 Å². The lowest BCUT2D eigenvalue weighted by molar-refractivity contribution is 0.104. The van der Waals surface area contributed by atoms with Crippen LogP contribution in [0.25, 0.3) is 6.08 Å². The summed E-state index contributed by atoms with van der Waals surface area (Å²) in [6, 6.07) is 16.8. The van der Waals surface area contributed by atoms with Crippen molar-refractivity contribution in [2.24, 2.45) is 0 Å². The monoisotopic (exact) mass is 268 g/mol. The Morgan fingerprint density at radius 1 is 0.895 bits per heavy atom. The highest BCUT2D eigenvalue weighted by Gasteiger charge is 1.99. The van der Waals surface area contributed by atoms with Gasteiger partial charge in [0.1, 0.15) is 0 Å². The molecule has 0 aliphatic carbocycles. The molecule has 2 rings (SSSR count). The van der Waals surface area contributed by atoms with Gasteiger partial charge in [-0.3, -0.25) is 4.79 Å². The Morgan fingerprint density at radius 2 is 1.58 bits per heavy atom. The van der Waals surface area contributed by atoms with Gasteiger partial charge in [0.15, 0.2) is 5.78 Å². The smallest absolute Gasteiger partial charge is 0.185 e. The molecule has 1 nitrogen and oxygen atoms in total. The third-order valence-corrected chi connectivity index (χ3v) is 2.83. The minimum atomic E-state index is -0.0330. The molecule has 0 N–H and O–H groups in total. The zero-order valence-electron chi connectivity index (χ0n) is 10.3. The molecule has 0 radical (unpaired) electrons. The lowest BCUT2D eigenvalue weighted by Crippen LogP contribution is -1.92. The molecule has 0 amide bonds. The molecule has 0 saturated carbocycles. The number of carbonyl (C=O) groups is 1. The Balaban J connectivity index is 1.97. The Morgan fingerprint density at radius 3 is 2.26 bits per heavy atom. The first-order chi connectivity index (χ1) is 9.25. The molecule has 0 unspecified atom stereocenters. The zero-order chi connectivity index (χ0) is 13.5. The predicted octanol–water partition coefficient (Wildman–Crippen LogP) is 4.79. The summed E-state index contributed by atoms with van der Waals surface area (Å²) in [7, 11) is 0. The number of hydrogen-bond donors (Lipinski definition) is 0. The fourth-order valence-electron chi connectivity index (χ4n) is 1.58. The number of allylic oxidation sites excluding steroid dienone is 3. The third kappa shape index (κ3) is 4.23. The quantitative estimate of drug-likeness (QED) is 0.443. The predicted molar refractivity (Wildman–Crippen MR) is 80.4 cm³/mol. The fourth-order valence-corrected chi connectivity index (χ4v) is 1.71. The molecule has 0 aliphatic rings. The summed E-state index contributed by atoms with van der Waals surface area (Å²) in [5.74, 6) is -0.0330. The largest absolute Gasteiger partial charge is 0.289 e. The minimum Gasteiger partial charge on any atom is -0.289 e. The van der Waals surface area contributed by atoms with Gasteiger partial charge in [-0.25, -0.2) is 0 Å². The molecule has 0 bridgehead atoms. The number of halogens is 1. The lowest BCUT2D eigenvalue weighted by Gasteiger charge is -1.94. The minimum absolute atomic E-state index is 0.0330. The highest BCUT2D eigenvalue weighted by molar-refractivity contribution is 6.30. The maximum absolute atomic E-state index is 11.8. The topological polar surface area (TPSA) is 17.1 Å². The molecular formula is C17H13ClO. The second-order valence-electron chi connectivity index (χ2n) is 4.00. The van der Waals surface area contributed by atoms with Gasteiger partial charge in [0.25, 0.3) is 0 Å². The normalized spacial score (nSPS) is 11.2. The highest BCUT2D eigenvalue weighted by Crippen LogP contribution is 2.10. The second-order valence-corrected chi connectivity index (χ2v) is 4.44. The van der Waals surface area contributed by atoms with Gasteiger partial charge in [-0.05, 0) is 35.9 Å². The van der Waals surface area contributed by atoms with Crippen molar-refractivity contribution in [3.05, 3.63) is 89.0 Å². The molecule has 2 aromatic carbocycles. The average molecular weight is 269 g/mol. The Labute approximate surface area is 117 Å². The number of ketones is 1. The van der Waals surface area contributed by atoms with E-state index in [1.165, 1.54) is 0 Å². The van der Waals surface area contributed by atoms with Crippen LogP contribution in [0.15, 0.2) is 72.8 Å². The molecule has 19 heavy (non-hydrogen) atoms. The summed E-state index contributed by atoms with van der Waals surface area (Å²) in [6.45, 7) is 0. The van der Waals surface area contributed by atoms with Crippen molar-refractivity contribution >= 4 is 23.5 Å². The van der Waals surface area contributed by atoms with E-state index in [2.05, 4.69) is 0 Å². The number of carbonyl (C=O) groups excluding carboxylic acids is 1. The second kappa shape index (κ2) is 6.72. The van der Waals surface area contributed by atoms with Crippen molar-refractivity contribution in [1.82, 2.24) is 0 Å². The summed E-state index contributed by atoms with van der Waals surface area (Å²) in [4.78, 5) is 11.8. The Kier molecular flexibility index (Phi) is 4.71. The van der Waals surface area contributed by atoms with Crippen molar-refractivity contribution in [2.45, 2.75) is 0 Å². The van der Waals surface area contributed by atoms with Crippen LogP contribution in [0, 0.1) is 0 Å². The Hall–Kier alpha value is -2.12. The first-order valence-electron chi connectivity index (χ1n) is 5.95. The van der Waals surface area contributed by atoms with Crippen LogP contribution in [-0.4, -0.2) is 5.78 Å². The van der Waals surface area contributed by atoms with Gasteiger partial charge in [-0.2, -0.15) is 0 Å². The average Bonchev–Trinajstić information content (AvgIpc) is 2.45. The van der Waals surface area contributed by atoms with Crippen LogP contribution in [0.1, 0.15) is 15.9 Å². The molecule has 2 heteroatoms. The first-order valence-corrected chi connectivity index (χ1v) is 6.33. The van der Waals surface area contributed by atoms with Crippen molar-refractivity contribution in [3.63, 3.8) is 0 Å². The molecule has 0 fully saturated rings. The van der Waals surface area contributed by atoms with Gasteiger partial charge >= 0.3 is 0 Å². The summed E-state index contributed by atoms with van der Waals surface area (Å²) in [5.41, 5.74) is 1.74. The van der Waals surface area contributed by atoms with E-state index >= 15 is 0 Å². The lowest BCUT2D eigenvalue weighted by atomic mass is 10.1.